The van der Waals surface area contributed by atoms with Crippen LogP contribution in [0.15, 0.2) is 24.3 Å². The Hall–Kier alpha value is -0.620. The van der Waals surface area contributed by atoms with Gasteiger partial charge in [-0.05, 0) is 47.6 Å². The van der Waals surface area contributed by atoms with Gasteiger partial charge in [-0.2, -0.15) is 0 Å². The molecular weight excluding hydrogens is 341 g/mol. The second-order valence-corrected chi connectivity index (χ2v) is 5.93. The molecule has 98 valence electrons. The highest BCUT2D eigenvalue weighted by molar-refractivity contribution is 14.1. The highest BCUT2D eigenvalue weighted by Crippen LogP contribution is 2.19. The number of aliphatic hydroxyl groups excluding tert-OH is 1. The molecule has 0 aromatic heterocycles. The number of amides is 1. The van der Waals surface area contributed by atoms with Gasteiger partial charge in [0.2, 0.25) is 0 Å². The Morgan fingerprint density at radius 3 is 2.72 bits per heavy atom. The van der Waals surface area contributed by atoms with E-state index in [0.717, 1.165) is 35.7 Å². The molecule has 2 atom stereocenters. The third-order valence-corrected chi connectivity index (χ3v) is 4.36. The van der Waals surface area contributed by atoms with E-state index in [0.29, 0.717) is 5.56 Å². The number of benzene rings is 1. The summed E-state index contributed by atoms with van der Waals surface area (Å²) < 4.78 is 0.940. The van der Waals surface area contributed by atoms with Crippen molar-refractivity contribution < 1.29 is 9.90 Å². The van der Waals surface area contributed by atoms with Gasteiger partial charge >= 0.3 is 0 Å². The first-order valence-electron chi connectivity index (χ1n) is 6.42. The van der Waals surface area contributed by atoms with E-state index >= 15 is 0 Å². The quantitative estimate of drug-likeness (QED) is 0.630. The normalized spacial score (nSPS) is 24.3. The van der Waals surface area contributed by atoms with E-state index in [1.807, 2.05) is 24.3 Å². The molecule has 0 radical (unpaired) electrons. The third kappa shape index (κ3) is 3.45. The molecule has 1 aliphatic rings. The minimum Gasteiger partial charge on any atom is -0.391 e. The molecule has 0 saturated heterocycles. The lowest BCUT2D eigenvalue weighted by Crippen LogP contribution is -2.42. The van der Waals surface area contributed by atoms with Crippen LogP contribution < -0.4 is 5.32 Å². The van der Waals surface area contributed by atoms with E-state index in [4.69, 9.17) is 0 Å². The lowest BCUT2D eigenvalue weighted by atomic mass is 10.1. The molecule has 1 aliphatic carbocycles. The van der Waals surface area contributed by atoms with Crippen molar-refractivity contribution >= 4 is 28.5 Å². The van der Waals surface area contributed by atoms with Crippen LogP contribution in [0.5, 0.6) is 0 Å². The van der Waals surface area contributed by atoms with Crippen molar-refractivity contribution in [2.75, 3.05) is 0 Å². The zero-order valence-corrected chi connectivity index (χ0v) is 12.4. The van der Waals surface area contributed by atoms with E-state index in [-0.39, 0.29) is 11.9 Å². The zero-order valence-electron chi connectivity index (χ0n) is 10.2. The molecule has 0 bridgehead atoms. The van der Waals surface area contributed by atoms with Crippen molar-refractivity contribution in [3.05, 3.63) is 33.4 Å². The average molecular weight is 359 g/mol. The Kier molecular flexibility index (Phi) is 5.00. The molecule has 0 heterocycles. The third-order valence-electron chi connectivity index (χ3n) is 3.41. The number of carbonyl (C=O) groups is 1. The monoisotopic (exact) mass is 359 g/mol. The fourth-order valence-corrected chi connectivity index (χ4v) is 2.98. The highest BCUT2D eigenvalue weighted by atomic mass is 127. The number of hydrogen-bond donors (Lipinski definition) is 2. The molecule has 1 aromatic rings. The Morgan fingerprint density at radius 2 is 1.94 bits per heavy atom. The van der Waals surface area contributed by atoms with Gasteiger partial charge in [0.25, 0.3) is 5.91 Å². The molecule has 18 heavy (non-hydrogen) atoms. The van der Waals surface area contributed by atoms with Crippen LogP contribution in [-0.2, 0) is 0 Å². The fourth-order valence-electron chi connectivity index (χ4n) is 2.35. The highest BCUT2D eigenvalue weighted by Gasteiger charge is 2.24. The van der Waals surface area contributed by atoms with E-state index < -0.39 is 6.10 Å². The van der Waals surface area contributed by atoms with Gasteiger partial charge < -0.3 is 10.4 Å². The van der Waals surface area contributed by atoms with Crippen LogP contribution in [0, 0.1) is 3.57 Å². The van der Waals surface area contributed by atoms with Crippen LogP contribution in [0.3, 0.4) is 0 Å². The number of hydrogen-bond acceptors (Lipinski definition) is 2. The lowest BCUT2D eigenvalue weighted by molar-refractivity contribution is 0.0818. The van der Waals surface area contributed by atoms with Crippen LogP contribution >= 0.6 is 22.6 Å². The Bertz CT molecular complexity index is 422. The minimum absolute atomic E-state index is 0.0778. The zero-order chi connectivity index (χ0) is 13.0. The molecule has 1 aromatic carbocycles. The van der Waals surface area contributed by atoms with Gasteiger partial charge in [0, 0.05) is 3.57 Å². The Balaban J connectivity index is 2.04. The smallest absolute Gasteiger partial charge is 0.252 e. The van der Waals surface area contributed by atoms with Crippen LogP contribution in [-0.4, -0.2) is 23.2 Å². The topological polar surface area (TPSA) is 49.3 Å². The minimum atomic E-state index is -0.405. The molecule has 3 nitrogen and oxygen atoms in total. The van der Waals surface area contributed by atoms with Gasteiger partial charge in [-0.25, -0.2) is 0 Å². The molecule has 0 spiro atoms. The predicted molar refractivity (Wildman–Crippen MR) is 79.5 cm³/mol. The summed E-state index contributed by atoms with van der Waals surface area (Å²) in [4.78, 5) is 12.2. The first kappa shape index (κ1) is 13.8. The summed E-state index contributed by atoms with van der Waals surface area (Å²) in [7, 11) is 0. The summed E-state index contributed by atoms with van der Waals surface area (Å²) >= 11 is 2.16. The summed E-state index contributed by atoms with van der Waals surface area (Å²) in [6.45, 7) is 0. The van der Waals surface area contributed by atoms with Gasteiger partial charge in [0.15, 0.2) is 0 Å². The Labute approximate surface area is 121 Å². The summed E-state index contributed by atoms with van der Waals surface area (Å²) in [6.07, 6.45) is 4.53. The van der Waals surface area contributed by atoms with Crippen molar-refractivity contribution in [1.29, 1.82) is 0 Å². The molecule has 2 N–H and O–H groups in total. The molecule has 1 saturated carbocycles. The maximum atomic E-state index is 12.2. The van der Waals surface area contributed by atoms with Crippen molar-refractivity contribution in [2.45, 2.75) is 44.2 Å². The van der Waals surface area contributed by atoms with Gasteiger partial charge in [-0.1, -0.05) is 31.4 Å². The SMILES string of the molecule is O=C(NC1CCCCCC1O)c1ccccc1I. The first-order chi connectivity index (χ1) is 8.68. The van der Waals surface area contributed by atoms with Crippen molar-refractivity contribution in [3.8, 4) is 0 Å². The summed E-state index contributed by atoms with van der Waals surface area (Å²) in [5.74, 6) is -0.0778. The maximum Gasteiger partial charge on any atom is 0.252 e. The molecule has 4 heteroatoms. The number of rotatable bonds is 2. The summed E-state index contributed by atoms with van der Waals surface area (Å²) in [6, 6.07) is 7.41. The van der Waals surface area contributed by atoms with Gasteiger partial charge in [-0.15, -0.1) is 0 Å². The number of nitrogens with one attached hydrogen (secondary N) is 1. The average Bonchev–Trinajstić information content (AvgIpc) is 2.55. The van der Waals surface area contributed by atoms with Crippen molar-refractivity contribution in [2.24, 2.45) is 0 Å². The van der Waals surface area contributed by atoms with Gasteiger partial charge in [0.05, 0.1) is 17.7 Å². The molecule has 1 fully saturated rings. The molecular formula is C14H18INO2. The van der Waals surface area contributed by atoms with Crippen LogP contribution in [0.2, 0.25) is 0 Å². The number of halogens is 1. The van der Waals surface area contributed by atoms with Crippen LogP contribution in [0.1, 0.15) is 42.5 Å². The van der Waals surface area contributed by atoms with E-state index in [9.17, 15) is 9.90 Å². The van der Waals surface area contributed by atoms with Gasteiger partial charge in [0.1, 0.15) is 0 Å². The number of carbonyl (C=O) groups excluding carboxylic acids is 1. The van der Waals surface area contributed by atoms with Crippen molar-refractivity contribution in [1.82, 2.24) is 5.32 Å². The fraction of sp³-hybridized carbons (Fsp3) is 0.500. The summed E-state index contributed by atoms with van der Waals surface area (Å²) in [5.41, 5.74) is 0.689. The van der Waals surface area contributed by atoms with Gasteiger partial charge in [-0.3, -0.25) is 4.79 Å². The largest absolute Gasteiger partial charge is 0.391 e. The maximum absolute atomic E-state index is 12.2. The van der Waals surface area contributed by atoms with E-state index in [1.165, 1.54) is 0 Å². The standard InChI is InChI=1S/C14H18INO2/c15-11-7-5-4-6-10(11)14(18)16-12-8-2-1-3-9-13(12)17/h4-7,12-13,17H,1-3,8-9H2,(H,16,18). The molecule has 1 amide bonds. The molecule has 0 aliphatic heterocycles. The first-order valence-corrected chi connectivity index (χ1v) is 7.50. The lowest BCUT2D eigenvalue weighted by Gasteiger charge is -2.22. The van der Waals surface area contributed by atoms with Crippen molar-refractivity contribution in [3.63, 3.8) is 0 Å². The Morgan fingerprint density at radius 1 is 1.22 bits per heavy atom. The number of aliphatic hydroxyl groups is 1. The van der Waals surface area contributed by atoms with Crippen LogP contribution in [0.25, 0.3) is 0 Å². The van der Waals surface area contributed by atoms with E-state index in [1.54, 1.807) is 0 Å². The molecule has 2 unspecified atom stereocenters. The second kappa shape index (κ2) is 6.52. The van der Waals surface area contributed by atoms with E-state index in [2.05, 4.69) is 27.9 Å². The second-order valence-electron chi connectivity index (χ2n) is 4.77. The predicted octanol–water partition coefficient (Wildman–Crippen LogP) is 2.71. The van der Waals surface area contributed by atoms with Crippen LogP contribution in [0.4, 0.5) is 0 Å². The summed E-state index contributed by atoms with van der Waals surface area (Å²) in [5, 5.41) is 13.0. The molecule has 2 rings (SSSR count).